The molecule has 0 aliphatic heterocycles. The monoisotopic (exact) mass is 238 g/mol. The number of carbonyl (C=O) groups is 1. The zero-order chi connectivity index (χ0) is 11.1. The average Bonchev–Trinajstić information content (AvgIpc) is 2.03. The molecule has 0 saturated carbocycles. The number of benzene rings is 1. The maximum Gasteiger partial charge on any atom is 0.339 e. The van der Waals surface area contributed by atoms with Crippen LogP contribution in [-0.4, -0.2) is 26.0 Å². The summed E-state index contributed by atoms with van der Waals surface area (Å²) < 4.78 is 0. The summed E-state index contributed by atoms with van der Waals surface area (Å²) in [5.41, 5.74) is -0.0671. The van der Waals surface area contributed by atoms with Crippen LogP contribution in [0.1, 0.15) is 10.4 Å². The Morgan fingerprint density at radius 3 is 2.00 bits per heavy atom. The molecule has 78 valence electrons. The van der Waals surface area contributed by atoms with Gasteiger partial charge >= 0.3 is 5.97 Å². The van der Waals surface area contributed by atoms with Crippen LogP contribution in [0.3, 0.4) is 0 Å². The lowest BCUT2D eigenvalue weighted by Gasteiger charge is -1.95. The molecule has 4 N–H and O–H groups in total. The van der Waals surface area contributed by atoms with Gasteiger partial charge < -0.3 is 20.0 Å². The van der Waals surface area contributed by atoms with Crippen LogP contribution in [0.5, 0.6) is 5.75 Å². The van der Waals surface area contributed by atoms with Gasteiger partial charge in [0.25, 0.3) is 7.73 Å². The van der Waals surface area contributed by atoms with Crippen molar-refractivity contribution in [1.82, 2.24) is 0 Å². The summed E-state index contributed by atoms with van der Waals surface area (Å²) in [6.07, 6.45) is 0. The Labute approximate surface area is 85.9 Å². The molecule has 0 saturated heterocycles. The molecule has 0 radical (unpaired) electrons. The van der Waals surface area contributed by atoms with E-state index >= 15 is 0 Å². The lowest BCUT2D eigenvalue weighted by molar-refractivity contribution is 0.0693. The summed E-state index contributed by atoms with van der Waals surface area (Å²) in [7, 11) is -2.15. The van der Waals surface area contributed by atoms with Crippen molar-refractivity contribution in [3.63, 3.8) is 0 Å². The molecule has 1 aromatic rings. The first-order chi connectivity index (χ1) is 6.45. The quantitative estimate of drug-likeness (QED) is 0.556. The van der Waals surface area contributed by atoms with Crippen molar-refractivity contribution in [3.8, 4) is 5.75 Å². The molecule has 5 nitrogen and oxygen atoms in total. The van der Waals surface area contributed by atoms with E-state index in [1.807, 2.05) is 0 Å². The van der Waals surface area contributed by atoms with Gasteiger partial charge in [-0.25, -0.2) is 4.79 Å². The average molecular weight is 239 g/mol. The number of rotatable bonds is 1. The highest BCUT2D eigenvalue weighted by Crippen LogP contribution is 2.27. The third-order valence-electron chi connectivity index (χ3n) is 1.13. The largest absolute Gasteiger partial charge is 0.507 e. The first-order valence-corrected chi connectivity index (χ1v) is 5.45. The van der Waals surface area contributed by atoms with Gasteiger partial charge in [-0.05, 0) is 23.4 Å². The fourth-order valence-corrected chi connectivity index (χ4v) is 0.654. The smallest absolute Gasteiger partial charge is 0.339 e. The molecule has 0 aromatic heterocycles. The van der Waals surface area contributed by atoms with Crippen LogP contribution in [0.2, 0.25) is 0 Å². The van der Waals surface area contributed by atoms with Gasteiger partial charge in [-0.3, -0.25) is 0 Å². The minimum Gasteiger partial charge on any atom is -0.507 e. The Morgan fingerprint density at radius 2 is 1.71 bits per heavy atom. The van der Waals surface area contributed by atoms with Crippen LogP contribution in [0.15, 0.2) is 24.3 Å². The Hall–Kier alpha value is -0.870. The number of aromatic carboxylic acids is 1. The van der Waals surface area contributed by atoms with E-state index in [4.69, 9.17) is 20.0 Å². The van der Waals surface area contributed by atoms with Gasteiger partial charge in [0.15, 0.2) is 0 Å². The number of carboxylic acid groups (broad SMARTS) is 1. The summed E-state index contributed by atoms with van der Waals surface area (Å²) in [6.45, 7) is 0. The van der Waals surface area contributed by atoms with Crippen LogP contribution in [0, 0.1) is 0 Å². The van der Waals surface area contributed by atoms with Crippen molar-refractivity contribution in [2.24, 2.45) is 0 Å². The maximum absolute atomic E-state index is 10.3. The second-order valence-corrected chi connectivity index (χ2v) is 3.45. The molecule has 1 rings (SSSR count). The lowest BCUT2D eigenvalue weighted by Crippen LogP contribution is -1.95. The third-order valence-corrected chi connectivity index (χ3v) is 1.13. The van der Waals surface area contributed by atoms with Crippen LogP contribution < -0.4 is 0 Å². The molecule has 1 aromatic carbocycles. The first kappa shape index (κ1) is 13.1. The predicted molar refractivity (Wildman–Crippen MR) is 52.3 cm³/mol. The molecule has 0 spiro atoms. The van der Waals surface area contributed by atoms with E-state index in [9.17, 15) is 4.79 Å². The van der Waals surface area contributed by atoms with Crippen LogP contribution in [0.4, 0.5) is 0 Å². The fourth-order valence-electron chi connectivity index (χ4n) is 0.654. The number of para-hydroxylation sites is 1. The van der Waals surface area contributed by atoms with E-state index in [0.717, 1.165) is 0 Å². The Kier molecular flexibility index (Phi) is 6.16. The van der Waals surface area contributed by atoms with E-state index in [2.05, 4.69) is 11.2 Å². The second kappa shape index (κ2) is 6.56. The van der Waals surface area contributed by atoms with Crippen LogP contribution >= 0.6 is 19.0 Å². The summed E-state index contributed by atoms with van der Waals surface area (Å²) in [6, 6.07) is 5.81. The third kappa shape index (κ3) is 5.72. The van der Waals surface area contributed by atoms with Gasteiger partial charge in [-0.15, -0.1) is 0 Å². The van der Waals surface area contributed by atoms with E-state index in [1.165, 1.54) is 12.1 Å². The van der Waals surface area contributed by atoms with Crippen LogP contribution in [-0.2, 0) is 0 Å². The highest BCUT2D eigenvalue weighted by atomic mass is 35.7. The Morgan fingerprint density at radius 1 is 1.29 bits per heavy atom. The predicted octanol–water partition coefficient (Wildman–Crippen LogP) is 1.53. The van der Waals surface area contributed by atoms with Crippen molar-refractivity contribution in [2.45, 2.75) is 0 Å². The van der Waals surface area contributed by atoms with E-state index in [-0.39, 0.29) is 11.3 Å². The topological polar surface area (TPSA) is 98.0 Å². The van der Waals surface area contributed by atoms with Crippen molar-refractivity contribution >= 4 is 24.9 Å². The lowest BCUT2D eigenvalue weighted by atomic mass is 10.2. The summed E-state index contributed by atoms with van der Waals surface area (Å²) >= 11 is 4.45. The maximum atomic E-state index is 10.3. The first-order valence-electron chi connectivity index (χ1n) is 3.30. The molecule has 0 bridgehead atoms. The summed E-state index contributed by atoms with van der Waals surface area (Å²) in [5, 5.41) is 17.3. The normalized spacial score (nSPS) is 9.14. The SMILES string of the molecule is O=C(O)c1ccccc1O.OP(O)Cl. The highest BCUT2D eigenvalue weighted by molar-refractivity contribution is 7.74. The van der Waals surface area contributed by atoms with Crippen molar-refractivity contribution in [1.29, 1.82) is 0 Å². The number of hydrogen-bond acceptors (Lipinski definition) is 4. The number of aromatic hydroxyl groups is 1. The van der Waals surface area contributed by atoms with Gasteiger partial charge in [-0.1, -0.05) is 12.1 Å². The van der Waals surface area contributed by atoms with E-state index in [0.29, 0.717) is 0 Å². The molecule has 0 heterocycles. The molecule has 0 atom stereocenters. The Balaban J connectivity index is 0.000000364. The highest BCUT2D eigenvalue weighted by Gasteiger charge is 2.05. The fraction of sp³-hybridized carbons (Fsp3) is 0. The summed E-state index contributed by atoms with van der Waals surface area (Å²) in [4.78, 5) is 25.1. The standard InChI is InChI=1S/C7H6O3.ClH2O2P/c8-6-4-2-1-3-5(6)7(9)10;1-4(2)3/h1-4,8H,(H,9,10);2-3H. The van der Waals surface area contributed by atoms with Crippen LogP contribution in [0.25, 0.3) is 0 Å². The molecule has 0 amide bonds. The van der Waals surface area contributed by atoms with E-state index in [1.54, 1.807) is 12.1 Å². The molecule has 7 heteroatoms. The molecule has 14 heavy (non-hydrogen) atoms. The van der Waals surface area contributed by atoms with Crippen molar-refractivity contribution in [2.75, 3.05) is 0 Å². The van der Waals surface area contributed by atoms with Crippen molar-refractivity contribution in [3.05, 3.63) is 29.8 Å². The van der Waals surface area contributed by atoms with Gasteiger partial charge in [0.2, 0.25) is 0 Å². The molecule has 0 aliphatic carbocycles. The number of phenols is 1. The van der Waals surface area contributed by atoms with Crippen molar-refractivity contribution < 1.29 is 24.8 Å². The molecule has 0 fully saturated rings. The number of hydrogen-bond donors (Lipinski definition) is 4. The molecular formula is C7H8ClO5P. The van der Waals surface area contributed by atoms with Gasteiger partial charge in [0.1, 0.15) is 11.3 Å². The summed E-state index contributed by atoms with van der Waals surface area (Å²) in [5.74, 6) is -1.31. The minimum absolute atomic E-state index is 0.0671. The second-order valence-electron chi connectivity index (χ2n) is 2.06. The zero-order valence-electron chi connectivity index (χ0n) is 6.83. The number of carboxylic acids is 1. The molecule has 0 unspecified atom stereocenters. The minimum atomic E-state index is -2.15. The van der Waals surface area contributed by atoms with Gasteiger partial charge in [0.05, 0.1) is 0 Å². The van der Waals surface area contributed by atoms with E-state index < -0.39 is 13.7 Å². The number of halogens is 1. The van der Waals surface area contributed by atoms with Gasteiger partial charge in [-0.2, -0.15) is 0 Å². The van der Waals surface area contributed by atoms with Gasteiger partial charge in [0, 0.05) is 0 Å². The zero-order valence-corrected chi connectivity index (χ0v) is 8.48. The molecular weight excluding hydrogens is 230 g/mol. The molecule has 0 aliphatic rings. The Bertz CT molecular complexity index is 301.